The second-order valence-electron chi connectivity index (χ2n) is 2.54. The highest BCUT2D eigenvalue weighted by Gasteiger charge is 2.10. The molecule has 1 aromatic carbocycles. The maximum absolute atomic E-state index is 11.5. The Balaban J connectivity index is 2.78. The van der Waals surface area contributed by atoms with Crippen molar-refractivity contribution in [2.24, 2.45) is 0 Å². The summed E-state index contributed by atoms with van der Waals surface area (Å²) in [6.07, 6.45) is 1.92. The number of thioether (sulfide) groups is 1. The molecule has 0 saturated heterocycles. The molecule has 0 heterocycles. The Bertz CT molecular complexity index is 312. The summed E-state index contributed by atoms with van der Waals surface area (Å²) < 4.78 is 9.50. The van der Waals surface area contributed by atoms with Crippen molar-refractivity contribution in [2.75, 3.05) is 20.2 Å². The molecule has 0 aliphatic heterocycles. The van der Waals surface area contributed by atoms with Crippen LogP contribution >= 0.6 is 11.8 Å². The van der Waals surface area contributed by atoms with E-state index in [1.54, 1.807) is 6.07 Å². The first-order valence-electron chi connectivity index (χ1n) is 4.08. The molecule has 0 radical (unpaired) electrons. The van der Waals surface area contributed by atoms with Gasteiger partial charge in [-0.25, -0.2) is 4.79 Å². The maximum Gasteiger partial charge on any atom is 0.341 e. The van der Waals surface area contributed by atoms with E-state index in [0.717, 1.165) is 4.90 Å². The van der Waals surface area contributed by atoms with Crippen LogP contribution < -0.4 is 0 Å². The zero-order valence-corrected chi connectivity index (χ0v) is 8.97. The first kappa shape index (κ1) is 11.1. The number of benzene rings is 1. The van der Waals surface area contributed by atoms with E-state index >= 15 is 0 Å². The van der Waals surface area contributed by atoms with Gasteiger partial charge in [0.05, 0.1) is 5.56 Å². The van der Waals surface area contributed by atoms with Crippen molar-refractivity contribution >= 4 is 17.7 Å². The van der Waals surface area contributed by atoms with E-state index in [1.807, 2.05) is 24.5 Å². The van der Waals surface area contributed by atoms with Crippen molar-refractivity contribution in [2.45, 2.75) is 4.90 Å². The number of ether oxygens (including phenoxy) is 2. The Morgan fingerprint density at radius 3 is 2.79 bits per heavy atom. The van der Waals surface area contributed by atoms with Gasteiger partial charge in [0.2, 0.25) is 0 Å². The lowest BCUT2D eigenvalue weighted by molar-refractivity contribution is -0.0127. The summed E-state index contributed by atoms with van der Waals surface area (Å²) in [7, 11) is 1.48. The zero-order chi connectivity index (χ0) is 10.4. The van der Waals surface area contributed by atoms with Crippen LogP contribution in [0.3, 0.4) is 0 Å². The van der Waals surface area contributed by atoms with Gasteiger partial charge in [-0.15, -0.1) is 11.8 Å². The lowest BCUT2D eigenvalue weighted by atomic mass is 10.2. The Labute approximate surface area is 87.4 Å². The minimum Gasteiger partial charge on any atom is -0.435 e. The number of hydrogen-bond acceptors (Lipinski definition) is 4. The van der Waals surface area contributed by atoms with E-state index in [0.29, 0.717) is 5.56 Å². The van der Waals surface area contributed by atoms with Gasteiger partial charge in [-0.3, -0.25) is 0 Å². The molecule has 0 fully saturated rings. The standard InChI is InChI=1S/C10H12O3S/c1-12-7-13-10(11)8-5-3-4-6-9(8)14-2/h3-6H,7H2,1-2H3. The quantitative estimate of drug-likeness (QED) is 0.435. The molecule has 0 aliphatic rings. The first-order chi connectivity index (χ1) is 6.79. The molecule has 0 bridgehead atoms. The van der Waals surface area contributed by atoms with Crippen LogP contribution in [0.1, 0.15) is 10.4 Å². The minimum absolute atomic E-state index is 0.0124. The number of carbonyl (C=O) groups excluding carboxylic acids is 1. The van der Waals surface area contributed by atoms with Gasteiger partial charge in [0.1, 0.15) is 0 Å². The number of carbonyl (C=O) groups is 1. The molecular weight excluding hydrogens is 200 g/mol. The van der Waals surface area contributed by atoms with Gasteiger partial charge in [0.25, 0.3) is 0 Å². The third kappa shape index (κ3) is 2.75. The van der Waals surface area contributed by atoms with E-state index in [1.165, 1.54) is 18.9 Å². The highest BCUT2D eigenvalue weighted by Crippen LogP contribution is 2.20. The normalized spacial score (nSPS) is 9.86. The van der Waals surface area contributed by atoms with E-state index in [4.69, 9.17) is 4.74 Å². The number of hydrogen-bond donors (Lipinski definition) is 0. The van der Waals surface area contributed by atoms with Crippen molar-refractivity contribution < 1.29 is 14.3 Å². The van der Waals surface area contributed by atoms with Crippen LogP contribution in [0.25, 0.3) is 0 Å². The highest BCUT2D eigenvalue weighted by molar-refractivity contribution is 7.98. The van der Waals surface area contributed by atoms with E-state index in [2.05, 4.69) is 4.74 Å². The first-order valence-corrected chi connectivity index (χ1v) is 5.31. The van der Waals surface area contributed by atoms with Gasteiger partial charge in [-0.2, -0.15) is 0 Å². The average molecular weight is 212 g/mol. The molecular formula is C10H12O3S. The van der Waals surface area contributed by atoms with E-state index in [-0.39, 0.29) is 12.8 Å². The van der Waals surface area contributed by atoms with Crippen LogP contribution in [-0.2, 0) is 9.47 Å². The Kier molecular flexibility index (Phi) is 4.49. The number of esters is 1. The summed E-state index contributed by atoms with van der Waals surface area (Å²) in [5, 5.41) is 0. The van der Waals surface area contributed by atoms with Crippen molar-refractivity contribution in [3.63, 3.8) is 0 Å². The summed E-state index contributed by atoms with van der Waals surface area (Å²) >= 11 is 1.52. The van der Waals surface area contributed by atoms with Crippen LogP contribution in [0.15, 0.2) is 29.2 Å². The van der Waals surface area contributed by atoms with Crippen LogP contribution in [0.5, 0.6) is 0 Å². The van der Waals surface area contributed by atoms with Crippen molar-refractivity contribution in [1.29, 1.82) is 0 Å². The Morgan fingerprint density at radius 1 is 1.43 bits per heavy atom. The fraction of sp³-hybridized carbons (Fsp3) is 0.300. The molecule has 0 spiro atoms. The van der Waals surface area contributed by atoms with Crippen molar-refractivity contribution in [1.82, 2.24) is 0 Å². The van der Waals surface area contributed by atoms with Gasteiger partial charge in [0, 0.05) is 12.0 Å². The van der Waals surface area contributed by atoms with Gasteiger partial charge in [0.15, 0.2) is 6.79 Å². The predicted octanol–water partition coefficient (Wildman–Crippen LogP) is 2.17. The fourth-order valence-electron chi connectivity index (χ4n) is 1.00. The summed E-state index contributed by atoms with van der Waals surface area (Å²) in [4.78, 5) is 12.4. The van der Waals surface area contributed by atoms with Gasteiger partial charge < -0.3 is 9.47 Å². The number of rotatable bonds is 4. The SMILES string of the molecule is COCOC(=O)c1ccccc1SC. The van der Waals surface area contributed by atoms with E-state index in [9.17, 15) is 4.79 Å². The molecule has 0 aromatic heterocycles. The van der Waals surface area contributed by atoms with Crippen LogP contribution in [0, 0.1) is 0 Å². The molecule has 0 atom stereocenters. The largest absolute Gasteiger partial charge is 0.435 e. The van der Waals surface area contributed by atoms with Gasteiger partial charge in [-0.05, 0) is 18.4 Å². The fourth-order valence-corrected chi connectivity index (χ4v) is 1.59. The third-order valence-electron chi connectivity index (χ3n) is 1.63. The number of methoxy groups -OCH3 is 1. The molecule has 0 N–H and O–H groups in total. The lowest BCUT2D eigenvalue weighted by Gasteiger charge is -2.06. The molecule has 0 unspecified atom stereocenters. The van der Waals surface area contributed by atoms with Crippen LogP contribution in [-0.4, -0.2) is 26.1 Å². The van der Waals surface area contributed by atoms with Gasteiger partial charge in [-0.1, -0.05) is 12.1 Å². The zero-order valence-electron chi connectivity index (χ0n) is 8.15. The topological polar surface area (TPSA) is 35.5 Å². The molecule has 4 heteroatoms. The molecule has 3 nitrogen and oxygen atoms in total. The smallest absolute Gasteiger partial charge is 0.341 e. The summed E-state index contributed by atoms with van der Waals surface area (Å²) in [5.74, 6) is -0.350. The molecule has 0 aliphatic carbocycles. The molecule has 0 saturated carbocycles. The average Bonchev–Trinajstić information content (AvgIpc) is 2.25. The molecule has 76 valence electrons. The summed E-state index contributed by atoms with van der Waals surface area (Å²) in [5.41, 5.74) is 0.581. The Morgan fingerprint density at radius 2 is 2.14 bits per heavy atom. The maximum atomic E-state index is 11.5. The monoisotopic (exact) mass is 212 g/mol. The highest BCUT2D eigenvalue weighted by atomic mass is 32.2. The molecule has 14 heavy (non-hydrogen) atoms. The molecule has 0 amide bonds. The predicted molar refractivity (Wildman–Crippen MR) is 55.5 cm³/mol. The molecule has 1 rings (SSSR count). The summed E-state index contributed by atoms with van der Waals surface area (Å²) in [6.45, 7) is -0.0124. The minimum atomic E-state index is -0.350. The van der Waals surface area contributed by atoms with Crippen molar-refractivity contribution in [3.8, 4) is 0 Å². The second kappa shape index (κ2) is 5.67. The van der Waals surface area contributed by atoms with Gasteiger partial charge >= 0.3 is 5.97 Å². The Hall–Kier alpha value is -1.00. The third-order valence-corrected chi connectivity index (χ3v) is 2.43. The second-order valence-corrected chi connectivity index (χ2v) is 3.39. The van der Waals surface area contributed by atoms with Crippen molar-refractivity contribution in [3.05, 3.63) is 29.8 Å². The van der Waals surface area contributed by atoms with Crippen LogP contribution in [0.4, 0.5) is 0 Å². The lowest BCUT2D eigenvalue weighted by Crippen LogP contribution is -2.08. The van der Waals surface area contributed by atoms with E-state index < -0.39 is 0 Å². The summed E-state index contributed by atoms with van der Waals surface area (Å²) in [6, 6.07) is 7.32. The van der Waals surface area contributed by atoms with Crippen LogP contribution in [0.2, 0.25) is 0 Å². The molecule has 1 aromatic rings.